The Balaban J connectivity index is 1.87. The van der Waals surface area contributed by atoms with Gasteiger partial charge in [0.1, 0.15) is 0 Å². The third kappa shape index (κ3) is 5.88. The van der Waals surface area contributed by atoms with Crippen LogP contribution in [0, 0.1) is 6.92 Å². The van der Waals surface area contributed by atoms with Crippen LogP contribution < -0.4 is 9.45 Å². The fourth-order valence-corrected chi connectivity index (χ4v) is 4.29. The molecule has 0 spiro atoms. The van der Waals surface area contributed by atoms with E-state index in [-0.39, 0.29) is 39.1 Å². The molecular formula is C23H22ClN2O6S+. The van der Waals surface area contributed by atoms with Crippen LogP contribution >= 0.6 is 11.6 Å². The first-order valence-corrected chi connectivity index (χ1v) is 11.7. The van der Waals surface area contributed by atoms with Gasteiger partial charge in [-0.2, -0.15) is 0 Å². The van der Waals surface area contributed by atoms with Crippen molar-refractivity contribution in [2.45, 2.75) is 24.7 Å². The molecule has 0 aliphatic rings. The molecule has 0 aliphatic carbocycles. The minimum Gasteiger partial charge on any atom is -0.469 e. The normalized spacial score (nSPS) is 11.1. The number of pyridine rings is 1. The summed E-state index contributed by atoms with van der Waals surface area (Å²) in [5.74, 6) is -0.871. The molecule has 1 aromatic heterocycles. The molecule has 10 heteroatoms. The molecule has 0 unspecified atom stereocenters. The molecule has 3 rings (SSSR count). The molecule has 0 radical (unpaired) electrons. The SMILES string of the molecule is COC(=O)CCc1ccc(S(=O)(=O)Nc2ccc(Cl)cc2C(=O)c2ccc(C)[n+](O)c2)cc1. The number of rotatable bonds is 8. The standard InChI is InChI=1S/C23H21ClN2O6S/c1-15-3-7-17(14-26(15)29)23(28)20-13-18(24)8-11-21(20)25-33(30,31)19-9-4-16(5-10-19)6-12-22(27)32-2/h3-5,7-11,13-14H,6,12H2,1-2H3,(H-,25,28,29)/p+1. The average molecular weight is 490 g/mol. The van der Waals surface area contributed by atoms with Crippen molar-refractivity contribution in [3.8, 4) is 0 Å². The van der Waals surface area contributed by atoms with Crippen LogP contribution in [0.1, 0.15) is 33.6 Å². The van der Waals surface area contributed by atoms with Crippen molar-refractivity contribution < 1.29 is 32.7 Å². The van der Waals surface area contributed by atoms with Crippen LogP contribution in [-0.4, -0.2) is 32.5 Å². The number of carbonyl (C=O) groups is 2. The Morgan fingerprint density at radius 2 is 1.79 bits per heavy atom. The van der Waals surface area contributed by atoms with Gasteiger partial charge in [-0.15, -0.1) is 0 Å². The summed E-state index contributed by atoms with van der Waals surface area (Å²) in [4.78, 5) is 24.3. The first-order chi connectivity index (χ1) is 15.6. The van der Waals surface area contributed by atoms with E-state index in [0.29, 0.717) is 12.1 Å². The second-order valence-electron chi connectivity index (χ2n) is 7.25. The highest BCUT2D eigenvalue weighted by molar-refractivity contribution is 7.92. The van der Waals surface area contributed by atoms with Gasteiger partial charge in [-0.1, -0.05) is 23.7 Å². The van der Waals surface area contributed by atoms with Crippen molar-refractivity contribution in [2.75, 3.05) is 11.8 Å². The topological polar surface area (TPSA) is 114 Å². The molecule has 0 saturated carbocycles. The molecule has 172 valence electrons. The highest BCUT2D eigenvalue weighted by Gasteiger charge is 2.22. The lowest BCUT2D eigenvalue weighted by Gasteiger charge is -2.13. The van der Waals surface area contributed by atoms with Crippen LogP contribution in [0.3, 0.4) is 0 Å². The molecule has 8 nitrogen and oxygen atoms in total. The quantitative estimate of drug-likeness (QED) is 0.217. The molecular weight excluding hydrogens is 468 g/mol. The summed E-state index contributed by atoms with van der Waals surface area (Å²) in [7, 11) is -2.72. The minimum absolute atomic E-state index is 0.0128. The first kappa shape index (κ1) is 24.2. The van der Waals surface area contributed by atoms with Crippen molar-refractivity contribution in [3.05, 3.63) is 88.2 Å². The number of nitrogens with zero attached hydrogens (tertiary/aromatic N) is 1. The highest BCUT2D eigenvalue weighted by Crippen LogP contribution is 2.26. The van der Waals surface area contributed by atoms with Crippen LogP contribution in [0.4, 0.5) is 5.69 Å². The Kier molecular flexibility index (Phi) is 7.35. The molecule has 1 heterocycles. The van der Waals surface area contributed by atoms with Crippen LogP contribution in [0.25, 0.3) is 0 Å². The first-order valence-electron chi connectivity index (χ1n) is 9.85. The van der Waals surface area contributed by atoms with Gasteiger partial charge in [0.15, 0.2) is 0 Å². The van der Waals surface area contributed by atoms with Gasteiger partial charge in [-0.25, -0.2) is 8.42 Å². The summed E-state index contributed by atoms with van der Waals surface area (Å²) in [6.45, 7) is 1.66. The van der Waals surface area contributed by atoms with Gasteiger partial charge in [0.25, 0.3) is 10.0 Å². The van der Waals surface area contributed by atoms with E-state index in [4.69, 9.17) is 11.6 Å². The number of anilines is 1. The van der Waals surface area contributed by atoms with Gasteiger partial charge >= 0.3 is 5.97 Å². The zero-order valence-electron chi connectivity index (χ0n) is 17.9. The summed E-state index contributed by atoms with van der Waals surface area (Å²) < 4.78 is 33.7. The number of methoxy groups -OCH3 is 1. The van der Waals surface area contributed by atoms with E-state index in [2.05, 4.69) is 9.46 Å². The zero-order chi connectivity index (χ0) is 24.2. The van der Waals surface area contributed by atoms with E-state index in [0.717, 1.165) is 10.3 Å². The molecule has 0 aliphatic heterocycles. The fourth-order valence-electron chi connectivity index (χ4n) is 3.03. The van der Waals surface area contributed by atoms with Gasteiger partial charge in [0.05, 0.1) is 23.3 Å². The molecule has 0 fully saturated rings. The summed E-state index contributed by atoms with van der Waals surface area (Å²) in [5, 5.41) is 10.1. The summed E-state index contributed by atoms with van der Waals surface area (Å²) in [5.41, 5.74) is 1.53. The summed E-state index contributed by atoms with van der Waals surface area (Å²) >= 11 is 6.06. The van der Waals surface area contributed by atoms with Crippen LogP contribution in [-0.2, 0) is 26.0 Å². The van der Waals surface area contributed by atoms with Crippen LogP contribution in [0.5, 0.6) is 0 Å². The maximum Gasteiger partial charge on any atom is 0.305 e. The number of esters is 1. The lowest BCUT2D eigenvalue weighted by atomic mass is 10.0. The molecule has 3 aromatic rings. The van der Waals surface area contributed by atoms with Gasteiger partial charge in [0, 0.05) is 34.7 Å². The Morgan fingerprint density at radius 1 is 1.09 bits per heavy atom. The zero-order valence-corrected chi connectivity index (χ0v) is 19.5. The number of ketones is 1. The lowest BCUT2D eigenvalue weighted by molar-refractivity contribution is -0.908. The van der Waals surface area contributed by atoms with Crippen molar-refractivity contribution in [1.29, 1.82) is 0 Å². The van der Waals surface area contributed by atoms with E-state index < -0.39 is 15.8 Å². The molecule has 2 N–H and O–H groups in total. The monoisotopic (exact) mass is 489 g/mol. The van der Waals surface area contributed by atoms with Gasteiger partial charge in [-0.3, -0.25) is 19.5 Å². The van der Waals surface area contributed by atoms with Crippen molar-refractivity contribution in [1.82, 2.24) is 0 Å². The number of hydrogen-bond acceptors (Lipinski definition) is 6. The Labute approximate surface area is 196 Å². The maximum atomic E-state index is 13.0. The number of hydrogen-bond donors (Lipinski definition) is 2. The maximum absolute atomic E-state index is 13.0. The third-order valence-electron chi connectivity index (χ3n) is 4.94. The minimum atomic E-state index is -4.02. The fraction of sp³-hybridized carbons (Fsp3) is 0.174. The number of carbonyl (C=O) groups excluding carboxylic acids is 2. The van der Waals surface area contributed by atoms with Crippen LogP contribution in [0.15, 0.2) is 65.7 Å². The smallest absolute Gasteiger partial charge is 0.305 e. The van der Waals surface area contributed by atoms with E-state index in [1.165, 1.54) is 49.7 Å². The number of ether oxygens (including phenoxy) is 1. The molecule has 0 amide bonds. The van der Waals surface area contributed by atoms with E-state index in [1.807, 2.05) is 0 Å². The summed E-state index contributed by atoms with van der Waals surface area (Å²) in [6, 6.07) is 13.4. The van der Waals surface area contributed by atoms with Gasteiger partial charge < -0.3 is 4.74 Å². The number of benzene rings is 2. The van der Waals surface area contributed by atoms with E-state index >= 15 is 0 Å². The Hall–Kier alpha value is -3.43. The van der Waals surface area contributed by atoms with Crippen LogP contribution in [0.2, 0.25) is 5.02 Å². The van der Waals surface area contributed by atoms with Gasteiger partial charge in [0.2, 0.25) is 17.7 Å². The molecule has 2 aromatic carbocycles. The number of aryl methyl sites for hydroxylation is 2. The Morgan fingerprint density at radius 3 is 2.42 bits per heavy atom. The number of halogens is 1. The van der Waals surface area contributed by atoms with Crippen molar-refractivity contribution in [2.24, 2.45) is 0 Å². The molecule has 33 heavy (non-hydrogen) atoms. The molecule has 0 atom stereocenters. The predicted octanol–water partition coefficient (Wildman–Crippen LogP) is 3.31. The molecule has 0 bridgehead atoms. The largest absolute Gasteiger partial charge is 0.469 e. The highest BCUT2D eigenvalue weighted by atomic mass is 35.5. The van der Waals surface area contributed by atoms with E-state index in [9.17, 15) is 23.2 Å². The summed E-state index contributed by atoms with van der Waals surface area (Å²) in [6.07, 6.45) is 1.84. The number of sulfonamides is 1. The van der Waals surface area contributed by atoms with Crippen molar-refractivity contribution >= 4 is 39.1 Å². The number of aromatic nitrogens is 1. The van der Waals surface area contributed by atoms with Gasteiger partial charge in [-0.05, 0) is 48.4 Å². The lowest BCUT2D eigenvalue weighted by Crippen LogP contribution is -2.34. The predicted molar refractivity (Wildman–Crippen MR) is 121 cm³/mol. The molecule has 0 saturated heterocycles. The third-order valence-corrected chi connectivity index (χ3v) is 6.56. The van der Waals surface area contributed by atoms with Crippen molar-refractivity contribution in [3.63, 3.8) is 0 Å². The average Bonchev–Trinajstić information content (AvgIpc) is 2.80. The number of nitrogens with one attached hydrogen (secondary N) is 1. The second-order valence-corrected chi connectivity index (χ2v) is 9.37. The Bertz CT molecular complexity index is 1310. The van der Waals surface area contributed by atoms with E-state index in [1.54, 1.807) is 25.1 Å². The second kappa shape index (κ2) is 10.0.